The van der Waals surface area contributed by atoms with Crippen LogP contribution in [-0.4, -0.2) is 5.11 Å². The van der Waals surface area contributed by atoms with E-state index in [9.17, 15) is 10.4 Å². The van der Waals surface area contributed by atoms with Crippen molar-refractivity contribution in [2.24, 2.45) is 0 Å². The predicted molar refractivity (Wildman–Crippen MR) is 86.3 cm³/mol. The van der Waals surface area contributed by atoms with Crippen LogP contribution in [0.4, 0.5) is 0 Å². The van der Waals surface area contributed by atoms with Crippen molar-refractivity contribution in [1.82, 2.24) is 0 Å². The fourth-order valence-electron chi connectivity index (χ4n) is 2.51. The lowest BCUT2D eigenvalue weighted by molar-refractivity contribution is 0.168. The molecule has 0 aliphatic heterocycles. The van der Waals surface area contributed by atoms with Crippen molar-refractivity contribution >= 4 is 22.1 Å². The number of rotatable bonds is 3. The Balaban J connectivity index is 2.00. The average Bonchev–Trinajstić information content (AvgIpc) is 2.94. The number of hydrogen-bond acceptors (Lipinski definition) is 3. The van der Waals surface area contributed by atoms with Gasteiger partial charge in [-0.25, -0.2) is 0 Å². The zero-order chi connectivity index (χ0) is 14.8. The van der Waals surface area contributed by atoms with Crippen molar-refractivity contribution < 1.29 is 5.11 Å². The molecule has 3 rings (SSSR count). The van der Waals surface area contributed by atoms with Gasteiger partial charge >= 0.3 is 0 Å². The maximum absolute atomic E-state index is 10.5. The van der Waals surface area contributed by atoms with Crippen LogP contribution in [0.3, 0.4) is 0 Å². The second-order valence-corrected chi connectivity index (χ2v) is 6.43. The molecule has 0 spiro atoms. The van der Waals surface area contributed by atoms with Gasteiger partial charge in [0.25, 0.3) is 0 Å². The van der Waals surface area contributed by atoms with Crippen LogP contribution >= 0.6 is 11.3 Å². The summed E-state index contributed by atoms with van der Waals surface area (Å²) in [6, 6.07) is 20.1. The lowest BCUT2D eigenvalue weighted by atomic mass is 9.92. The maximum Gasteiger partial charge on any atom is 0.108 e. The highest BCUT2D eigenvalue weighted by atomic mass is 32.1. The van der Waals surface area contributed by atoms with Crippen molar-refractivity contribution in [2.45, 2.75) is 18.9 Å². The van der Waals surface area contributed by atoms with Gasteiger partial charge in [-0.15, -0.1) is 11.3 Å². The summed E-state index contributed by atoms with van der Waals surface area (Å²) < 4.78 is 0. The first kappa shape index (κ1) is 13.8. The number of thiophene rings is 1. The average molecular weight is 293 g/mol. The predicted octanol–water partition coefficient (Wildman–Crippen LogP) is 4.55. The molecule has 1 aromatic heterocycles. The molecule has 0 fully saturated rings. The summed E-state index contributed by atoms with van der Waals surface area (Å²) >= 11 is 1.54. The molecule has 0 saturated heterocycles. The Kier molecular flexibility index (Phi) is 3.74. The first-order chi connectivity index (χ1) is 10.2. The fourth-order valence-corrected chi connectivity index (χ4v) is 3.41. The summed E-state index contributed by atoms with van der Waals surface area (Å²) in [6.07, 6.45) is -0.783. The summed E-state index contributed by atoms with van der Waals surface area (Å²) in [6.45, 7) is 2.00. The monoisotopic (exact) mass is 293 g/mol. The summed E-state index contributed by atoms with van der Waals surface area (Å²) in [5, 5.41) is 22.2. The van der Waals surface area contributed by atoms with E-state index >= 15 is 0 Å². The molecule has 0 aliphatic rings. The zero-order valence-corrected chi connectivity index (χ0v) is 12.5. The van der Waals surface area contributed by atoms with Crippen molar-refractivity contribution in [3.63, 3.8) is 0 Å². The van der Waals surface area contributed by atoms with Gasteiger partial charge in [0.2, 0.25) is 0 Å². The van der Waals surface area contributed by atoms with E-state index in [1.807, 2.05) is 61.5 Å². The minimum absolute atomic E-state index is 0.548. The molecule has 1 heterocycles. The summed E-state index contributed by atoms with van der Waals surface area (Å²) in [4.78, 5) is 1.98. The number of aryl methyl sites for hydroxylation is 1. The first-order valence-electron chi connectivity index (χ1n) is 6.82. The highest BCUT2D eigenvalue weighted by Crippen LogP contribution is 2.35. The molecular formula is C18H15NOS. The van der Waals surface area contributed by atoms with E-state index in [-0.39, 0.29) is 0 Å². The molecule has 2 aromatic carbocycles. The Bertz CT molecular complexity index is 815. The molecule has 3 aromatic rings. The zero-order valence-electron chi connectivity index (χ0n) is 11.7. The summed E-state index contributed by atoms with van der Waals surface area (Å²) in [7, 11) is 0. The van der Waals surface area contributed by atoms with Gasteiger partial charge in [0.05, 0.1) is 6.07 Å². The second-order valence-electron chi connectivity index (χ2n) is 5.11. The third-order valence-electron chi connectivity index (χ3n) is 3.64. The van der Waals surface area contributed by atoms with Crippen LogP contribution in [0.5, 0.6) is 0 Å². The minimum atomic E-state index is -0.783. The second kappa shape index (κ2) is 5.69. The summed E-state index contributed by atoms with van der Waals surface area (Å²) in [5.41, 5.74) is 0.856. The third-order valence-corrected chi connectivity index (χ3v) is 4.71. The largest absolute Gasteiger partial charge is 0.386 e. The van der Waals surface area contributed by atoms with E-state index in [2.05, 4.69) is 6.07 Å². The van der Waals surface area contributed by atoms with Gasteiger partial charge < -0.3 is 5.11 Å². The Labute approximate surface area is 127 Å². The minimum Gasteiger partial charge on any atom is -0.386 e. The molecule has 0 saturated carbocycles. The molecule has 104 valence electrons. The Morgan fingerprint density at radius 2 is 1.81 bits per heavy atom. The van der Waals surface area contributed by atoms with Gasteiger partial charge in [0, 0.05) is 9.75 Å². The van der Waals surface area contributed by atoms with Crippen LogP contribution in [0.25, 0.3) is 10.8 Å². The van der Waals surface area contributed by atoms with Gasteiger partial charge in [-0.05, 0) is 41.5 Å². The molecule has 0 bridgehead atoms. The van der Waals surface area contributed by atoms with E-state index in [0.717, 1.165) is 26.1 Å². The van der Waals surface area contributed by atoms with Gasteiger partial charge in [0.15, 0.2) is 0 Å². The molecular weight excluding hydrogens is 278 g/mol. The maximum atomic E-state index is 10.5. The number of nitrogens with zero attached hydrogens (tertiary/aromatic N) is 1. The normalized spacial score (nSPS) is 13.8. The van der Waals surface area contributed by atoms with Crippen molar-refractivity contribution in [3.05, 3.63) is 69.9 Å². The standard InChI is InChI=1S/C18H15NOS/c1-12-6-9-17(21-12)18(20)16(11-19)15-8-7-13-4-2-3-5-14(13)10-15/h2-10,16,18,20H,1H3. The molecule has 2 unspecified atom stereocenters. The van der Waals surface area contributed by atoms with Crippen LogP contribution in [0.2, 0.25) is 0 Å². The van der Waals surface area contributed by atoms with E-state index in [4.69, 9.17) is 0 Å². The Morgan fingerprint density at radius 3 is 2.48 bits per heavy atom. The third kappa shape index (κ3) is 2.69. The number of hydrogen-bond donors (Lipinski definition) is 1. The number of aliphatic hydroxyl groups excluding tert-OH is 1. The topological polar surface area (TPSA) is 44.0 Å². The molecule has 2 nitrogen and oxygen atoms in total. The van der Waals surface area contributed by atoms with E-state index in [1.165, 1.54) is 11.3 Å². The summed E-state index contributed by atoms with van der Waals surface area (Å²) in [5.74, 6) is -0.548. The van der Waals surface area contributed by atoms with Crippen molar-refractivity contribution in [1.29, 1.82) is 5.26 Å². The fraction of sp³-hybridized carbons (Fsp3) is 0.167. The van der Waals surface area contributed by atoms with Crippen LogP contribution < -0.4 is 0 Å². The van der Waals surface area contributed by atoms with Crippen LogP contribution in [0.15, 0.2) is 54.6 Å². The van der Waals surface area contributed by atoms with E-state index in [1.54, 1.807) is 0 Å². The van der Waals surface area contributed by atoms with Crippen LogP contribution in [0, 0.1) is 18.3 Å². The number of aliphatic hydroxyl groups is 1. The number of benzene rings is 2. The first-order valence-corrected chi connectivity index (χ1v) is 7.63. The van der Waals surface area contributed by atoms with Crippen molar-refractivity contribution in [2.75, 3.05) is 0 Å². The quantitative estimate of drug-likeness (QED) is 0.770. The molecule has 0 radical (unpaired) electrons. The van der Waals surface area contributed by atoms with E-state index < -0.39 is 12.0 Å². The highest BCUT2D eigenvalue weighted by Gasteiger charge is 2.24. The van der Waals surface area contributed by atoms with Gasteiger partial charge in [-0.3, -0.25) is 0 Å². The molecule has 3 heteroatoms. The smallest absolute Gasteiger partial charge is 0.108 e. The molecule has 0 amide bonds. The Morgan fingerprint density at radius 1 is 1.05 bits per heavy atom. The van der Waals surface area contributed by atoms with E-state index in [0.29, 0.717) is 0 Å². The SMILES string of the molecule is Cc1ccc(C(O)C(C#N)c2ccc3ccccc3c2)s1. The lowest BCUT2D eigenvalue weighted by Gasteiger charge is -2.16. The Hall–Kier alpha value is -2.15. The van der Waals surface area contributed by atoms with Gasteiger partial charge in [-0.1, -0.05) is 36.4 Å². The highest BCUT2D eigenvalue weighted by molar-refractivity contribution is 7.12. The van der Waals surface area contributed by atoms with Gasteiger partial charge in [0.1, 0.15) is 12.0 Å². The van der Waals surface area contributed by atoms with Crippen LogP contribution in [-0.2, 0) is 0 Å². The molecule has 1 N–H and O–H groups in total. The molecule has 21 heavy (non-hydrogen) atoms. The molecule has 0 aliphatic carbocycles. The van der Waals surface area contributed by atoms with Crippen LogP contribution in [0.1, 0.15) is 27.3 Å². The lowest BCUT2D eigenvalue weighted by Crippen LogP contribution is -2.07. The molecule has 2 atom stereocenters. The van der Waals surface area contributed by atoms with Gasteiger partial charge in [-0.2, -0.15) is 5.26 Å². The van der Waals surface area contributed by atoms with Crippen molar-refractivity contribution in [3.8, 4) is 6.07 Å². The number of nitriles is 1. The number of fused-ring (bicyclic) bond motifs is 1.